The summed E-state index contributed by atoms with van der Waals surface area (Å²) in [5, 5.41) is 0. The van der Waals surface area contributed by atoms with E-state index in [1.807, 2.05) is 0 Å². The van der Waals surface area contributed by atoms with E-state index in [-0.39, 0.29) is 37.2 Å². The molecule has 4 rings (SSSR count). The van der Waals surface area contributed by atoms with Gasteiger partial charge in [0.1, 0.15) is 11.6 Å². The van der Waals surface area contributed by atoms with Crippen LogP contribution in [0.1, 0.15) is 100 Å². The number of hydrogen-bond donors (Lipinski definition) is 0. The van der Waals surface area contributed by atoms with Gasteiger partial charge in [-0.3, -0.25) is 0 Å². The van der Waals surface area contributed by atoms with Gasteiger partial charge in [0, 0.05) is 5.56 Å². The average molecular weight is 521 g/mol. The first-order chi connectivity index (χ1) is 17.0. The van der Waals surface area contributed by atoms with Crippen LogP contribution in [-0.2, 0) is 4.74 Å². The van der Waals surface area contributed by atoms with E-state index in [0.29, 0.717) is 17.4 Å². The van der Waals surface area contributed by atoms with Gasteiger partial charge in [0.15, 0.2) is 0 Å². The molecule has 0 aliphatic heterocycles. The molecule has 3 fully saturated rings. The Morgan fingerprint density at radius 2 is 1.17 bits per heavy atom. The third-order valence-electron chi connectivity index (χ3n) is 9.02. The smallest absolute Gasteiger partial charge is 0.225 e. The lowest BCUT2D eigenvalue weighted by Gasteiger charge is -2.37. The molecule has 0 saturated heterocycles. The van der Waals surface area contributed by atoms with Crippen molar-refractivity contribution in [1.29, 1.82) is 0 Å². The summed E-state index contributed by atoms with van der Waals surface area (Å²) in [6, 6.07) is 2.76. The van der Waals surface area contributed by atoms with Crippen molar-refractivity contribution in [3.8, 4) is 0 Å². The van der Waals surface area contributed by atoms with Gasteiger partial charge in [0.05, 0.1) is 5.92 Å². The molecule has 1 aromatic carbocycles. The monoisotopic (exact) mass is 520 g/mol. The van der Waals surface area contributed by atoms with Gasteiger partial charge in [-0.25, -0.2) is 13.5 Å². The molecule has 36 heavy (non-hydrogen) atoms. The Labute approximate surface area is 208 Å². The molecule has 0 heterocycles. The lowest BCUT2D eigenvalue weighted by molar-refractivity contribution is -0.438. The Morgan fingerprint density at radius 1 is 0.694 bits per heavy atom. The summed E-state index contributed by atoms with van der Waals surface area (Å²) < 4.78 is 97.7. The van der Waals surface area contributed by atoms with Crippen LogP contribution >= 0.6 is 0 Å². The molecule has 3 saturated carbocycles. The highest BCUT2D eigenvalue weighted by molar-refractivity contribution is 5.32. The van der Waals surface area contributed by atoms with Crippen molar-refractivity contribution in [2.24, 2.45) is 23.7 Å². The molecular weight excluding hydrogens is 485 g/mol. The maximum Gasteiger partial charge on any atom is 0.527 e. The van der Waals surface area contributed by atoms with Crippen molar-refractivity contribution >= 4 is 0 Å². The van der Waals surface area contributed by atoms with Crippen molar-refractivity contribution in [2.75, 3.05) is 0 Å². The molecule has 0 aromatic heterocycles. The van der Waals surface area contributed by atoms with E-state index in [4.69, 9.17) is 0 Å². The Hall–Kier alpha value is -1.57. The molecule has 0 N–H and O–H groups in total. The average Bonchev–Trinajstić information content (AvgIpc) is 2.83. The molecule has 0 bridgehead atoms. The molecule has 8 heteroatoms. The number of alkyl halides is 5. The van der Waals surface area contributed by atoms with Gasteiger partial charge in [-0.15, -0.1) is 19.8 Å². The Balaban J connectivity index is 1.34. The minimum atomic E-state index is -5.45. The molecule has 202 valence electrons. The molecule has 0 radical (unpaired) electrons. The number of ether oxygens (including phenoxy) is 1. The Bertz CT molecular complexity index is 865. The molecule has 0 spiro atoms. The van der Waals surface area contributed by atoms with Gasteiger partial charge in [-0.2, -0.15) is 8.78 Å². The predicted octanol–water partition coefficient (Wildman–Crippen LogP) is 9.63. The van der Waals surface area contributed by atoms with Crippen LogP contribution in [0.25, 0.3) is 0 Å². The summed E-state index contributed by atoms with van der Waals surface area (Å²) in [4.78, 5) is 0. The van der Waals surface area contributed by atoms with Crippen LogP contribution in [0.3, 0.4) is 0 Å². The fourth-order valence-electron chi connectivity index (χ4n) is 6.96. The van der Waals surface area contributed by atoms with Crippen molar-refractivity contribution in [2.45, 2.75) is 101 Å². The van der Waals surface area contributed by atoms with Crippen LogP contribution in [0.5, 0.6) is 0 Å². The second kappa shape index (κ2) is 11.0. The number of benzene rings is 1. The van der Waals surface area contributed by atoms with Crippen LogP contribution in [0.2, 0.25) is 0 Å². The van der Waals surface area contributed by atoms with Gasteiger partial charge in [-0.1, -0.05) is 6.08 Å². The summed E-state index contributed by atoms with van der Waals surface area (Å²) in [6.45, 7) is 3.91. The fraction of sp³-hybridized carbons (Fsp3) is 0.714. The lowest BCUT2D eigenvalue weighted by Crippen LogP contribution is -2.38. The number of halogens is 7. The summed E-state index contributed by atoms with van der Waals surface area (Å²) >= 11 is 0. The van der Waals surface area contributed by atoms with Crippen LogP contribution in [0.4, 0.5) is 30.7 Å². The SMILES string of the molecule is C=CC1CCC(C2CCC(c3cc(F)c(C4CCC(C(F)(F)OC(F)(F)F)CC4)c(F)c3)CC2)CC1. The largest absolute Gasteiger partial charge is 0.527 e. The minimum absolute atomic E-state index is 0.0200. The van der Waals surface area contributed by atoms with E-state index in [1.165, 1.54) is 37.8 Å². The zero-order valence-electron chi connectivity index (χ0n) is 20.4. The first kappa shape index (κ1) is 27.5. The molecule has 3 aliphatic carbocycles. The molecule has 0 atom stereocenters. The first-order valence-corrected chi connectivity index (χ1v) is 13.2. The van der Waals surface area contributed by atoms with Crippen LogP contribution in [0, 0.1) is 35.3 Å². The summed E-state index contributed by atoms with van der Waals surface area (Å²) in [6.07, 6.45) is 0.350. The summed E-state index contributed by atoms with van der Waals surface area (Å²) in [5.74, 6) is -1.54. The number of allylic oxidation sites excluding steroid dienone is 1. The summed E-state index contributed by atoms with van der Waals surface area (Å²) in [5.41, 5.74) is 0.506. The van der Waals surface area contributed by atoms with Crippen molar-refractivity contribution in [3.63, 3.8) is 0 Å². The topological polar surface area (TPSA) is 9.23 Å². The van der Waals surface area contributed by atoms with Crippen LogP contribution in [-0.4, -0.2) is 12.5 Å². The van der Waals surface area contributed by atoms with E-state index in [0.717, 1.165) is 31.6 Å². The minimum Gasteiger partial charge on any atom is -0.225 e. The highest BCUT2D eigenvalue weighted by Crippen LogP contribution is 2.47. The lowest BCUT2D eigenvalue weighted by atomic mass is 9.68. The fourth-order valence-corrected chi connectivity index (χ4v) is 6.96. The summed E-state index contributed by atoms with van der Waals surface area (Å²) in [7, 11) is 0. The van der Waals surface area contributed by atoms with Gasteiger partial charge in [0.2, 0.25) is 0 Å². The third-order valence-corrected chi connectivity index (χ3v) is 9.02. The van der Waals surface area contributed by atoms with E-state index in [2.05, 4.69) is 17.4 Å². The Kier molecular flexibility index (Phi) is 8.42. The van der Waals surface area contributed by atoms with Gasteiger partial charge in [0.25, 0.3) is 0 Å². The maximum atomic E-state index is 15.1. The van der Waals surface area contributed by atoms with Crippen molar-refractivity contribution < 1.29 is 35.5 Å². The quantitative estimate of drug-likeness (QED) is 0.268. The third kappa shape index (κ3) is 6.46. The van der Waals surface area contributed by atoms with Crippen LogP contribution in [0.15, 0.2) is 24.8 Å². The predicted molar refractivity (Wildman–Crippen MR) is 123 cm³/mol. The number of hydrogen-bond acceptors (Lipinski definition) is 1. The molecule has 0 amide bonds. The zero-order valence-corrected chi connectivity index (χ0v) is 20.4. The molecule has 1 aromatic rings. The molecule has 0 unspecified atom stereocenters. The van der Waals surface area contributed by atoms with Crippen molar-refractivity contribution in [1.82, 2.24) is 0 Å². The van der Waals surface area contributed by atoms with Gasteiger partial charge >= 0.3 is 12.5 Å². The highest BCUT2D eigenvalue weighted by atomic mass is 19.4. The second-order valence-electron chi connectivity index (χ2n) is 11.1. The molecule has 3 aliphatic rings. The number of rotatable bonds is 6. The normalized spacial score (nSPS) is 32.3. The van der Waals surface area contributed by atoms with E-state index >= 15 is 8.78 Å². The van der Waals surface area contributed by atoms with E-state index < -0.39 is 35.9 Å². The first-order valence-electron chi connectivity index (χ1n) is 13.2. The van der Waals surface area contributed by atoms with Gasteiger partial charge in [-0.05, 0) is 124 Å². The van der Waals surface area contributed by atoms with E-state index in [1.54, 1.807) is 0 Å². The van der Waals surface area contributed by atoms with Crippen molar-refractivity contribution in [3.05, 3.63) is 47.5 Å². The maximum absolute atomic E-state index is 15.1. The zero-order chi connectivity index (χ0) is 26.1. The molecular formula is C28H35F7O. The van der Waals surface area contributed by atoms with E-state index in [9.17, 15) is 22.0 Å². The van der Waals surface area contributed by atoms with Gasteiger partial charge < -0.3 is 0 Å². The van der Waals surface area contributed by atoms with Crippen LogP contribution < -0.4 is 0 Å². The Morgan fingerprint density at radius 3 is 1.64 bits per heavy atom. The standard InChI is InChI=1S/C28H35F7O/c1-2-17-3-5-18(6-4-17)19-7-9-20(10-8-19)22-15-24(29)26(25(30)16-22)21-11-13-23(14-12-21)27(31,32)36-28(33,34)35/h2,15-21,23H,1,3-14H2. The highest BCUT2D eigenvalue weighted by Gasteiger charge is 2.51. The molecule has 1 nitrogen and oxygen atoms in total. The second-order valence-corrected chi connectivity index (χ2v) is 11.1.